The number of hydrogen-bond donors (Lipinski definition) is 2. The molecule has 1 unspecified atom stereocenters. The van der Waals surface area contributed by atoms with Gasteiger partial charge in [0.15, 0.2) is 0 Å². The van der Waals surface area contributed by atoms with Gasteiger partial charge in [0.25, 0.3) is 0 Å². The lowest BCUT2D eigenvalue weighted by Gasteiger charge is -2.26. The van der Waals surface area contributed by atoms with Crippen molar-refractivity contribution in [2.75, 3.05) is 13.1 Å². The Morgan fingerprint density at radius 2 is 1.87 bits per heavy atom. The van der Waals surface area contributed by atoms with Crippen LogP contribution in [0, 0.1) is 5.82 Å². The Morgan fingerprint density at radius 1 is 1.26 bits per heavy atom. The lowest BCUT2D eigenvalue weighted by Crippen LogP contribution is -2.46. The molecule has 0 aliphatic rings. The molecular weight excluding hydrogens is 303 g/mol. The summed E-state index contributed by atoms with van der Waals surface area (Å²) in [6, 6.07) is 4.82. The van der Waals surface area contributed by atoms with Crippen LogP contribution < -0.4 is 5.32 Å². The molecule has 0 bridgehead atoms. The fourth-order valence-electron chi connectivity index (χ4n) is 2.07. The Bertz CT molecular complexity index is 560. The fourth-order valence-corrected chi connectivity index (χ4v) is 2.07. The molecule has 0 radical (unpaired) electrons. The summed E-state index contributed by atoms with van der Waals surface area (Å²) in [5, 5.41) is 11.6. The largest absolute Gasteiger partial charge is 0.480 e. The summed E-state index contributed by atoms with van der Waals surface area (Å²) >= 11 is 0. The molecule has 126 valence electrons. The second-order valence-electron chi connectivity index (χ2n) is 5.21. The summed E-state index contributed by atoms with van der Waals surface area (Å²) < 4.78 is 12.8. The molecule has 2 N–H and O–H groups in total. The van der Waals surface area contributed by atoms with Crippen LogP contribution in [0.15, 0.2) is 24.3 Å². The number of rotatable bonds is 8. The van der Waals surface area contributed by atoms with Crippen molar-refractivity contribution in [2.45, 2.75) is 32.7 Å². The minimum atomic E-state index is -1.11. The first-order valence-corrected chi connectivity index (χ1v) is 7.32. The minimum absolute atomic E-state index is 0.114. The zero-order valence-corrected chi connectivity index (χ0v) is 13.2. The topological polar surface area (TPSA) is 86.7 Å². The van der Waals surface area contributed by atoms with Gasteiger partial charge in [-0.1, -0.05) is 12.1 Å². The van der Waals surface area contributed by atoms with Crippen LogP contribution in [0.3, 0.4) is 0 Å². The van der Waals surface area contributed by atoms with Gasteiger partial charge in [-0.2, -0.15) is 0 Å². The average Bonchev–Trinajstić information content (AvgIpc) is 2.49. The molecule has 6 nitrogen and oxygen atoms in total. The Kier molecular flexibility index (Phi) is 7.18. The van der Waals surface area contributed by atoms with Gasteiger partial charge in [0.1, 0.15) is 11.9 Å². The Labute approximate surface area is 134 Å². The van der Waals surface area contributed by atoms with Crippen molar-refractivity contribution < 1.29 is 23.9 Å². The van der Waals surface area contributed by atoms with E-state index in [-0.39, 0.29) is 37.1 Å². The first-order chi connectivity index (χ1) is 10.8. The lowest BCUT2D eigenvalue weighted by molar-refractivity contribution is -0.149. The summed E-state index contributed by atoms with van der Waals surface area (Å²) in [7, 11) is 0. The van der Waals surface area contributed by atoms with Crippen molar-refractivity contribution in [1.82, 2.24) is 10.2 Å². The monoisotopic (exact) mass is 324 g/mol. The summed E-state index contributed by atoms with van der Waals surface area (Å²) in [6.07, 6.45) is 0.505. The van der Waals surface area contributed by atoms with E-state index in [1.165, 1.54) is 30.9 Å². The predicted molar refractivity (Wildman–Crippen MR) is 82.2 cm³/mol. The molecule has 0 aromatic heterocycles. The van der Waals surface area contributed by atoms with Gasteiger partial charge >= 0.3 is 5.97 Å². The third-order valence-electron chi connectivity index (χ3n) is 3.41. The number of carbonyl (C=O) groups is 3. The van der Waals surface area contributed by atoms with Crippen molar-refractivity contribution in [2.24, 2.45) is 0 Å². The van der Waals surface area contributed by atoms with Gasteiger partial charge in [-0.3, -0.25) is 9.59 Å². The Morgan fingerprint density at radius 3 is 2.39 bits per heavy atom. The molecule has 0 heterocycles. The lowest BCUT2D eigenvalue weighted by atomic mass is 10.1. The van der Waals surface area contributed by atoms with E-state index in [0.29, 0.717) is 6.42 Å². The predicted octanol–water partition coefficient (Wildman–Crippen LogP) is 1.20. The molecule has 1 aromatic carbocycles. The highest BCUT2D eigenvalue weighted by atomic mass is 19.1. The highest BCUT2D eigenvalue weighted by Crippen LogP contribution is 2.09. The van der Waals surface area contributed by atoms with Crippen molar-refractivity contribution in [3.8, 4) is 0 Å². The summed E-state index contributed by atoms with van der Waals surface area (Å²) in [6.45, 7) is 3.08. The van der Waals surface area contributed by atoms with E-state index in [1.54, 1.807) is 12.1 Å². The van der Waals surface area contributed by atoms with Crippen LogP contribution in [0.25, 0.3) is 0 Å². The van der Waals surface area contributed by atoms with Crippen LogP contribution in [-0.2, 0) is 20.8 Å². The van der Waals surface area contributed by atoms with E-state index in [0.717, 1.165) is 5.56 Å². The maximum absolute atomic E-state index is 12.8. The van der Waals surface area contributed by atoms with Gasteiger partial charge in [0, 0.05) is 26.4 Å². The number of carbonyl (C=O) groups excluding carboxylic acids is 2. The number of nitrogens with zero attached hydrogens (tertiary/aromatic N) is 1. The molecule has 7 heteroatoms. The fraction of sp³-hybridized carbons (Fsp3) is 0.438. The zero-order chi connectivity index (χ0) is 17.4. The third-order valence-corrected chi connectivity index (χ3v) is 3.41. The van der Waals surface area contributed by atoms with Crippen molar-refractivity contribution >= 4 is 17.8 Å². The van der Waals surface area contributed by atoms with Crippen LogP contribution in [0.4, 0.5) is 4.39 Å². The average molecular weight is 324 g/mol. The highest BCUT2D eigenvalue weighted by molar-refractivity contribution is 5.83. The number of halogens is 1. The van der Waals surface area contributed by atoms with Crippen LogP contribution in [0.1, 0.15) is 25.8 Å². The van der Waals surface area contributed by atoms with E-state index >= 15 is 0 Å². The maximum atomic E-state index is 12.8. The van der Waals surface area contributed by atoms with Crippen LogP contribution in [0.5, 0.6) is 0 Å². The standard InChI is InChI=1S/C16H21FN2O4/c1-11(16(22)23)19(10-9-18-12(2)20)15(21)8-5-13-3-6-14(17)7-4-13/h3-4,6-7,11H,5,8-10H2,1-2H3,(H,18,20)(H,22,23). The summed E-state index contributed by atoms with van der Waals surface area (Å²) in [5.41, 5.74) is 0.796. The highest BCUT2D eigenvalue weighted by Gasteiger charge is 2.24. The number of aliphatic carboxylic acids is 1. The SMILES string of the molecule is CC(=O)NCCN(C(=O)CCc1ccc(F)cc1)C(C)C(=O)O. The number of carboxylic acid groups (broad SMARTS) is 1. The second-order valence-corrected chi connectivity index (χ2v) is 5.21. The van der Waals surface area contributed by atoms with E-state index in [1.807, 2.05) is 0 Å². The molecule has 0 saturated carbocycles. The number of carboxylic acids is 1. The smallest absolute Gasteiger partial charge is 0.326 e. The number of hydrogen-bond acceptors (Lipinski definition) is 3. The maximum Gasteiger partial charge on any atom is 0.326 e. The molecule has 1 aromatic rings. The molecule has 23 heavy (non-hydrogen) atoms. The summed E-state index contributed by atoms with van der Waals surface area (Å²) in [5.74, 6) is -2.03. The van der Waals surface area contributed by atoms with Crippen molar-refractivity contribution in [3.05, 3.63) is 35.6 Å². The molecule has 0 aliphatic carbocycles. The number of amides is 2. The molecule has 0 saturated heterocycles. The first kappa shape index (κ1) is 18.6. The summed E-state index contributed by atoms with van der Waals surface area (Å²) in [4.78, 5) is 35.5. The van der Waals surface area contributed by atoms with E-state index in [2.05, 4.69) is 5.32 Å². The molecule has 2 amide bonds. The number of nitrogens with one attached hydrogen (secondary N) is 1. The van der Waals surface area contributed by atoms with Crippen LogP contribution in [-0.4, -0.2) is 46.9 Å². The van der Waals surface area contributed by atoms with E-state index < -0.39 is 12.0 Å². The van der Waals surface area contributed by atoms with E-state index in [4.69, 9.17) is 5.11 Å². The second kappa shape index (κ2) is 8.87. The number of aryl methyl sites for hydroxylation is 1. The molecule has 1 rings (SSSR count). The first-order valence-electron chi connectivity index (χ1n) is 7.32. The van der Waals surface area contributed by atoms with Gasteiger partial charge in [-0.25, -0.2) is 9.18 Å². The van der Waals surface area contributed by atoms with Gasteiger partial charge in [0.05, 0.1) is 0 Å². The Balaban J connectivity index is 2.64. The number of benzene rings is 1. The molecule has 0 aliphatic heterocycles. The van der Waals surface area contributed by atoms with Crippen molar-refractivity contribution in [1.29, 1.82) is 0 Å². The van der Waals surface area contributed by atoms with Gasteiger partial charge in [0.2, 0.25) is 11.8 Å². The van der Waals surface area contributed by atoms with Gasteiger partial charge < -0.3 is 15.3 Å². The van der Waals surface area contributed by atoms with Crippen LogP contribution >= 0.6 is 0 Å². The minimum Gasteiger partial charge on any atom is -0.480 e. The van der Waals surface area contributed by atoms with Gasteiger partial charge in [-0.05, 0) is 31.0 Å². The third kappa shape index (κ3) is 6.46. The van der Waals surface area contributed by atoms with Crippen molar-refractivity contribution in [3.63, 3.8) is 0 Å². The normalized spacial score (nSPS) is 11.6. The van der Waals surface area contributed by atoms with Crippen LogP contribution in [0.2, 0.25) is 0 Å². The molecule has 1 atom stereocenters. The molecule has 0 spiro atoms. The van der Waals surface area contributed by atoms with E-state index in [9.17, 15) is 18.8 Å². The molecule has 0 fully saturated rings. The molecular formula is C16H21FN2O4. The van der Waals surface area contributed by atoms with Gasteiger partial charge in [-0.15, -0.1) is 0 Å². The quantitative estimate of drug-likeness (QED) is 0.752. The zero-order valence-electron chi connectivity index (χ0n) is 13.2. The Hall–Kier alpha value is -2.44.